The van der Waals surface area contributed by atoms with Crippen molar-refractivity contribution in [1.82, 2.24) is 9.97 Å². The fourth-order valence-electron chi connectivity index (χ4n) is 2.54. The molecule has 1 heterocycles. The number of carbonyl (C=O) groups excluding carboxylic acids is 1. The number of ether oxygens (including phenoxy) is 1. The molecule has 0 saturated carbocycles. The van der Waals surface area contributed by atoms with Crippen LogP contribution in [0, 0.1) is 13.8 Å². The number of hydrogen-bond donors (Lipinski definition) is 2. The van der Waals surface area contributed by atoms with E-state index in [2.05, 4.69) is 20.6 Å². The number of esters is 1. The van der Waals surface area contributed by atoms with Crippen LogP contribution in [-0.2, 0) is 4.74 Å². The van der Waals surface area contributed by atoms with Gasteiger partial charge in [0.1, 0.15) is 5.82 Å². The molecule has 0 bridgehead atoms. The van der Waals surface area contributed by atoms with Crippen LogP contribution in [-0.4, -0.2) is 22.5 Å². The van der Waals surface area contributed by atoms with Crippen LogP contribution in [0.3, 0.4) is 0 Å². The molecule has 3 rings (SSSR count). The fourth-order valence-corrected chi connectivity index (χ4v) is 2.72. The van der Waals surface area contributed by atoms with E-state index in [0.717, 1.165) is 22.6 Å². The van der Waals surface area contributed by atoms with Crippen molar-refractivity contribution in [3.63, 3.8) is 0 Å². The Hall–Kier alpha value is -3.12. The van der Waals surface area contributed by atoms with Gasteiger partial charge in [0, 0.05) is 28.2 Å². The van der Waals surface area contributed by atoms with Gasteiger partial charge in [-0.25, -0.2) is 9.78 Å². The smallest absolute Gasteiger partial charge is 0.338 e. The van der Waals surface area contributed by atoms with Gasteiger partial charge in [0.15, 0.2) is 0 Å². The Morgan fingerprint density at radius 3 is 2.39 bits per heavy atom. The van der Waals surface area contributed by atoms with E-state index in [0.29, 0.717) is 29.0 Å². The van der Waals surface area contributed by atoms with Crippen LogP contribution < -0.4 is 10.6 Å². The third-order valence-electron chi connectivity index (χ3n) is 3.95. The van der Waals surface area contributed by atoms with Crippen LogP contribution >= 0.6 is 11.6 Å². The molecule has 0 aliphatic rings. The molecule has 0 spiro atoms. The van der Waals surface area contributed by atoms with Crippen LogP contribution in [0.4, 0.5) is 23.1 Å². The molecule has 3 aromatic rings. The van der Waals surface area contributed by atoms with Crippen molar-refractivity contribution in [3.05, 3.63) is 70.4 Å². The Balaban J connectivity index is 1.76. The van der Waals surface area contributed by atoms with E-state index in [1.807, 2.05) is 38.1 Å². The van der Waals surface area contributed by atoms with Gasteiger partial charge in [0.2, 0.25) is 5.95 Å². The van der Waals surface area contributed by atoms with Gasteiger partial charge in [-0.05, 0) is 62.7 Å². The van der Waals surface area contributed by atoms with Crippen LogP contribution in [0.2, 0.25) is 5.02 Å². The average molecular weight is 397 g/mol. The Morgan fingerprint density at radius 1 is 1.00 bits per heavy atom. The highest BCUT2D eigenvalue weighted by molar-refractivity contribution is 6.31. The molecule has 0 aliphatic carbocycles. The lowest BCUT2D eigenvalue weighted by atomic mass is 10.2. The number of anilines is 4. The molecule has 144 valence electrons. The molecule has 0 radical (unpaired) electrons. The lowest BCUT2D eigenvalue weighted by Gasteiger charge is -2.11. The molecule has 0 fully saturated rings. The van der Waals surface area contributed by atoms with Crippen molar-refractivity contribution < 1.29 is 9.53 Å². The van der Waals surface area contributed by atoms with Gasteiger partial charge in [-0.2, -0.15) is 4.98 Å². The molecular weight excluding hydrogens is 376 g/mol. The van der Waals surface area contributed by atoms with Crippen LogP contribution in [0.15, 0.2) is 48.5 Å². The maximum atomic E-state index is 11.7. The lowest BCUT2D eigenvalue weighted by Crippen LogP contribution is -2.05. The van der Waals surface area contributed by atoms with Crippen molar-refractivity contribution in [2.45, 2.75) is 20.8 Å². The summed E-state index contributed by atoms with van der Waals surface area (Å²) >= 11 is 6.19. The van der Waals surface area contributed by atoms with Gasteiger partial charge in [0.05, 0.1) is 12.2 Å². The lowest BCUT2D eigenvalue weighted by molar-refractivity contribution is 0.0526. The minimum atomic E-state index is -0.343. The number of halogens is 1. The summed E-state index contributed by atoms with van der Waals surface area (Å²) in [4.78, 5) is 20.6. The second kappa shape index (κ2) is 8.71. The van der Waals surface area contributed by atoms with Gasteiger partial charge in [-0.1, -0.05) is 17.7 Å². The monoisotopic (exact) mass is 396 g/mol. The van der Waals surface area contributed by atoms with Crippen LogP contribution in [0.1, 0.15) is 28.5 Å². The summed E-state index contributed by atoms with van der Waals surface area (Å²) in [5.41, 5.74) is 3.93. The molecule has 2 aromatic carbocycles. The summed E-state index contributed by atoms with van der Waals surface area (Å²) in [6, 6.07) is 14.6. The Bertz CT molecular complexity index is 990. The van der Waals surface area contributed by atoms with Crippen molar-refractivity contribution in [2.75, 3.05) is 17.2 Å². The molecule has 0 amide bonds. The van der Waals surface area contributed by atoms with Crippen molar-refractivity contribution >= 4 is 40.7 Å². The summed E-state index contributed by atoms with van der Waals surface area (Å²) in [6.07, 6.45) is 0. The highest BCUT2D eigenvalue weighted by Gasteiger charge is 2.08. The van der Waals surface area contributed by atoms with E-state index < -0.39 is 0 Å². The number of aryl methyl sites for hydroxylation is 2. The van der Waals surface area contributed by atoms with Crippen molar-refractivity contribution in [3.8, 4) is 0 Å². The summed E-state index contributed by atoms with van der Waals surface area (Å²) in [7, 11) is 0. The molecule has 0 atom stereocenters. The topological polar surface area (TPSA) is 76.1 Å². The zero-order chi connectivity index (χ0) is 20.1. The van der Waals surface area contributed by atoms with Crippen LogP contribution in [0.5, 0.6) is 0 Å². The van der Waals surface area contributed by atoms with Gasteiger partial charge < -0.3 is 15.4 Å². The first-order chi connectivity index (χ1) is 13.4. The number of benzene rings is 2. The predicted octanol–water partition coefficient (Wildman–Crippen LogP) is 5.41. The number of hydrogen-bond acceptors (Lipinski definition) is 6. The first-order valence-electron chi connectivity index (χ1n) is 8.87. The van der Waals surface area contributed by atoms with E-state index in [4.69, 9.17) is 16.3 Å². The minimum absolute atomic E-state index is 0.343. The number of nitrogens with one attached hydrogen (secondary N) is 2. The Kier molecular flexibility index (Phi) is 6.11. The average Bonchev–Trinajstić information content (AvgIpc) is 2.65. The van der Waals surface area contributed by atoms with Gasteiger partial charge in [0.25, 0.3) is 0 Å². The third-order valence-corrected chi connectivity index (χ3v) is 4.36. The van der Waals surface area contributed by atoms with Gasteiger partial charge in [-0.3, -0.25) is 0 Å². The molecule has 2 N–H and O–H groups in total. The second-order valence-corrected chi connectivity index (χ2v) is 6.64. The first kappa shape index (κ1) is 19.6. The van der Waals surface area contributed by atoms with E-state index in [1.54, 1.807) is 31.2 Å². The summed E-state index contributed by atoms with van der Waals surface area (Å²) in [5, 5.41) is 7.08. The zero-order valence-corrected chi connectivity index (χ0v) is 16.7. The number of aromatic nitrogens is 2. The summed E-state index contributed by atoms with van der Waals surface area (Å²) < 4.78 is 4.99. The standard InChI is InChI=1S/C21H21ClN4O2/c1-4-28-20(27)15-6-9-16(10-7-15)25-21-23-14(3)11-19(26-21)24-17-8-5-13(2)18(22)12-17/h5-12H,4H2,1-3H3,(H2,23,24,25,26). The number of nitrogens with zero attached hydrogens (tertiary/aromatic N) is 2. The zero-order valence-electron chi connectivity index (χ0n) is 15.9. The van der Waals surface area contributed by atoms with Gasteiger partial charge >= 0.3 is 5.97 Å². The van der Waals surface area contributed by atoms with E-state index in [1.165, 1.54) is 0 Å². The second-order valence-electron chi connectivity index (χ2n) is 6.23. The highest BCUT2D eigenvalue weighted by Crippen LogP contribution is 2.24. The Labute approximate surface area is 168 Å². The maximum absolute atomic E-state index is 11.7. The Morgan fingerprint density at radius 2 is 1.71 bits per heavy atom. The molecule has 0 saturated heterocycles. The van der Waals surface area contributed by atoms with Crippen molar-refractivity contribution in [1.29, 1.82) is 0 Å². The molecule has 6 nitrogen and oxygen atoms in total. The van der Waals surface area contributed by atoms with E-state index in [-0.39, 0.29) is 5.97 Å². The molecule has 7 heteroatoms. The first-order valence-corrected chi connectivity index (χ1v) is 9.25. The normalized spacial score (nSPS) is 10.4. The molecule has 1 aromatic heterocycles. The largest absolute Gasteiger partial charge is 0.462 e. The highest BCUT2D eigenvalue weighted by atomic mass is 35.5. The van der Waals surface area contributed by atoms with Crippen LogP contribution in [0.25, 0.3) is 0 Å². The van der Waals surface area contributed by atoms with E-state index >= 15 is 0 Å². The predicted molar refractivity (Wildman–Crippen MR) is 112 cm³/mol. The SMILES string of the molecule is CCOC(=O)c1ccc(Nc2nc(C)cc(Nc3ccc(C)c(Cl)c3)n2)cc1. The van der Waals surface area contributed by atoms with Gasteiger partial charge in [-0.15, -0.1) is 0 Å². The quantitative estimate of drug-likeness (QED) is 0.542. The number of rotatable bonds is 6. The summed E-state index contributed by atoms with van der Waals surface area (Å²) in [6.45, 7) is 5.97. The minimum Gasteiger partial charge on any atom is -0.462 e. The third kappa shape index (κ3) is 4.98. The van der Waals surface area contributed by atoms with Crippen molar-refractivity contribution in [2.24, 2.45) is 0 Å². The van der Waals surface area contributed by atoms with E-state index in [9.17, 15) is 4.79 Å². The maximum Gasteiger partial charge on any atom is 0.338 e. The molecule has 0 aliphatic heterocycles. The molecule has 0 unspecified atom stereocenters. The molecular formula is C21H21ClN4O2. The summed E-state index contributed by atoms with van der Waals surface area (Å²) in [5.74, 6) is 0.756. The number of carbonyl (C=O) groups is 1. The fraction of sp³-hybridized carbons (Fsp3) is 0.190. The molecule has 28 heavy (non-hydrogen) atoms.